The van der Waals surface area contributed by atoms with Crippen molar-refractivity contribution < 1.29 is 9.53 Å². The summed E-state index contributed by atoms with van der Waals surface area (Å²) in [6, 6.07) is 8.07. The van der Waals surface area contributed by atoms with Crippen molar-refractivity contribution >= 4 is 35.8 Å². The van der Waals surface area contributed by atoms with Gasteiger partial charge in [-0.05, 0) is 45.4 Å². The number of amides is 1. The normalized spacial score (nSPS) is 20.5. The summed E-state index contributed by atoms with van der Waals surface area (Å²) in [5.41, 5.74) is 1.82. The van der Waals surface area contributed by atoms with Crippen LogP contribution >= 0.6 is 24.0 Å². The molecule has 1 aliphatic heterocycles. The van der Waals surface area contributed by atoms with E-state index < -0.39 is 0 Å². The molecule has 0 spiro atoms. The Labute approximate surface area is 173 Å². The number of rotatable bonds is 4. The Morgan fingerprint density at radius 2 is 1.81 bits per heavy atom. The number of aliphatic imine (C=N–C) groups is 1. The molecule has 0 saturated carbocycles. The van der Waals surface area contributed by atoms with Crippen molar-refractivity contribution in [2.24, 2.45) is 4.99 Å². The minimum Gasteiger partial charge on any atom is -0.372 e. The molecule has 146 valence electrons. The van der Waals surface area contributed by atoms with Crippen LogP contribution < -0.4 is 10.6 Å². The van der Waals surface area contributed by atoms with E-state index in [1.165, 1.54) is 0 Å². The molecule has 0 bridgehead atoms. The van der Waals surface area contributed by atoms with Gasteiger partial charge in [0, 0.05) is 38.3 Å². The first-order chi connectivity index (χ1) is 11.9. The average Bonchev–Trinajstić information content (AvgIpc) is 2.57. The molecule has 0 aliphatic carbocycles. The fourth-order valence-electron chi connectivity index (χ4n) is 2.95. The second kappa shape index (κ2) is 10.7. The molecule has 2 atom stereocenters. The van der Waals surface area contributed by atoms with Crippen molar-refractivity contribution in [3.63, 3.8) is 0 Å². The highest BCUT2D eigenvalue weighted by molar-refractivity contribution is 14.0. The zero-order valence-electron chi connectivity index (χ0n) is 16.3. The predicted molar refractivity (Wildman–Crippen MR) is 116 cm³/mol. The van der Waals surface area contributed by atoms with Gasteiger partial charge < -0.3 is 20.3 Å². The molecule has 2 rings (SSSR count). The number of guanidine groups is 1. The molecular formula is C19H31IN4O2. The number of nitrogens with one attached hydrogen (secondary N) is 2. The van der Waals surface area contributed by atoms with E-state index in [0.717, 1.165) is 17.1 Å². The van der Waals surface area contributed by atoms with Crippen LogP contribution in [0.1, 0.15) is 43.6 Å². The molecule has 6 nitrogen and oxygen atoms in total. The molecule has 1 heterocycles. The molecule has 1 aromatic carbocycles. The number of carbonyl (C=O) groups is 1. The summed E-state index contributed by atoms with van der Waals surface area (Å²) in [5.74, 6) is 0.838. The first-order valence-corrected chi connectivity index (χ1v) is 8.90. The van der Waals surface area contributed by atoms with Gasteiger partial charge in [-0.3, -0.25) is 9.79 Å². The van der Waals surface area contributed by atoms with Gasteiger partial charge in [0.05, 0.1) is 12.2 Å². The van der Waals surface area contributed by atoms with Crippen LogP contribution in [0, 0.1) is 0 Å². The maximum absolute atomic E-state index is 12.7. The summed E-state index contributed by atoms with van der Waals surface area (Å²) in [7, 11) is 1.75. The molecule has 7 heteroatoms. The van der Waals surface area contributed by atoms with E-state index in [-0.39, 0.29) is 42.1 Å². The third kappa shape index (κ3) is 6.75. The minimum absolute atomic E-state index is 0. The number of ether oxygens (including phenoxy) is 1. The fraction of sp³-hybridized carbons (Fsp3) is 0.579. The van der Waals surface area contributed by atoms with Crippen LogP contribution in [0.4, 0.5) is 0 Å². The maximum Gasteiger partial charge on any atom is 0.254 e. The van der Waals surface area contributed by atoms with Gasteiger partial charge in [-0.25, -0.2) is 0 Å². The van der Waals surface area contributed by atoms with Crippen LogP contribution in [-0.4, -0.2) is 55.2 Å². The highest BCUT2D eigenvalue weighted by Crippen LogP contribution is 2.15. The summed E-state index contributed by atoms with van der Waals surface area (Å²) in [6.07, 6.45) is 0.160. The Morgan fingerprint density at radius 3 is 2.31 bits per heavy atom. The molecule has 1 fully saturated rings. The van der Waals surface area contributed by atoms with Crippen LogP contribution in [0.15, 0.2) is 29.3 Å². The molecule has 0 radical (unpaired) electrons. The van der Waals surface area contributed by atoms with Crippen molar-refractivity contribution in [2.75, 3.05) is 20.1 Å². The Morgan fingerprint density at radius 1 is 1.23 bits per heavy atom. The number of morpholine rings is 1. The summed E-state index contributed by atoms with van der Waals surface area (Å²) in [6.45, 7) is 10.1. The van der Waals surface area contributed by atoms with E-state index in [2.05, 4.69) is 29.5 Å². The van der Waals surface area contributed by atoms with Gasteiger partial charge in [-0.1, -0.05) is 12.1 Å². The number of nitrogens with zero attached hydrogens (tertiary/aromatic N) is 2. The zero-order valence-corrected chi connectivity index (χ0v) is 18.6. The molecule has 1 aliphatic rings. The van der Waals surface area contributed by atoms with Gasteiger partial charge in [0.1, 0.15) is 0 Å². The summed E-state index contributed by atoms with van der Waals surface area (Å²) in [4.78, 5) is 18.7. The Kier molecular flexibility index (Phi) is 9.35. The molecule has 26 heavy (non-hydrogen) atoms. The van der Waals surface area contributed by atoms with E-state index in [1.807, 2.05) is 43.0 Å². The number of halogens is 1. The lowest BCUT2D eigenvalue weighted by atomic mass is 10.1. The maximum atomic E-state index is 12.7. The second-order valence-electron chi connectivity index (χ2n) is 6.89. The fourth-order valence-corrected chi connectivity index (χ4v) is 2.95. The number of hydrogen-bond acceptors (Lipinski definition) is 3. The second-order valence-corrected chi connectivity index (χ2v) is 6.89. The van der Waals surface area contributed by atoms with Gasteiger partial charge in [-0.15, -0.1) is 24.0 Å². The monoisotopic (exact) mass is 474 g/mol. The summed E-state index contributed by atoms with van der Waals surface area (Å²) >= 11 is 0. The van der Waals surface area contributed by atoms with Crippen molar-refractivity contribution in [1.29, 1.82) is 0 Å². The molecule has 2 unspecified atom stereocenters. The lowest BCUT2D eigenvalue weighted by Gasteiger charge is -2.35. The summed E-state index contributed by atoms with van der Waals surface area (Å²) in [5, 5.41) is 6.51. The molecular weight excluding hydrogens is 443 g/mol. The standard InChI is InChI=1S/C19H30N4O2.HI/c1-13(2)22-19(20-5)21-10-16-6-8-17(9-7-16)18(24)23-11-14(3)25-15(4)12-23;/h6-9,13-15H,10-12H2,1-5H3,(H2,20,21,22);1H. The quantitative estimate of drug-likeness (QED) is 0.400. The van der Waals surface area contributed by atoms with Crippen molar-refractivity contribution in [3.8, 4) is 0 Å². The van der Waals surface area contributed by atoms with Crippen molar-refractivity contribution in [1.82, 2.24) is 15.5 Å². The predicted octanol–water partition coefficient (Wildman–Crippen LogP) is 2.63. The largest absolute Gasteiger partial charge is 0.372 e. The Balaban J connectivity index is 0.00000338. The van der Waals surface area contributed by atoms with Crippen LogP contribution in [0.3, 0.4) is 0 Å². The molecule has 1 saturated heterocycles. The van der Waals surface area contributed by atoms with Crippen molar-refractivity contribution in [3.05, 3.63) is 35.4 Å². The Hall–Kier alpha value is -1.35. The smallest absolute Gasteiger partial charge is 0.254 e. The highest BCUT2D eigenvalue weighted by atomic mass is 127. The van der Waals surface area contributed by atoms with Gasteiger partial charge in [-0.2, -0.15) is 0 Å². The van der Waals surface area contributed by atoms with E-state index in [9.17, 15) is 4.79 Å². The Bertz CT molecular complexity index is 594. The van der Waals surface area contributed by atoms with Gasteiger partial charge >= 0.3 is 0 Å². The number of hydrogen-bond donors (Lipinski definition) is 2. The lowest BCUT2D eigenvalue weighted by molar-refractivity contribution is -0.0586. The van der Waals surface area contributed by atoms with E-state index >= 15 is 0 Å². The SMILES string of the molecule is CN=C(NCc1ccc(C(=O)N2CC(C)OC(C)C2)cc1)NC(C)C.I. The highest BCUT2D eigenvalue weighted by Gasteiger charge is 2.26. The van der Waals surface area contributed by atoms with E-state index in [1.54, 1.807) is 7.05 Å². The summed E-state index contributed by atoms with van der Waals surface area (Å²) < 4.78 is 5.69. The molecule has 2 N–H and O–H groups in total. The first kappa shape index (κ1) is 22.7. The minimum atomic E-state index is 0. The van der Waals surface area contributed by atoms with Gasteiger partial charge in [0.15, 0.2) is 5.96 Å². The zero-order chi connectivity index (χ0) is 18.4. The molecule has 1 amide bonds. The van der Waals surface area contributed by atoms with Crippen LogP contribution in [0.25, 0.3) is 0 Å². The average molecular weight is 474 g/mol. The van der Waals surface area contributed by atoms with Gasteiger partial charge in [0.2, 0.25) is 0 Å². The number of benzene rings is 1. The van der Waals surface area contributed by atoms with Crippen molar-refractivity contribution in [2.45, 2.75) is 52.5 Å². The third-order valence-electron chi connectivity index (χ3n) is 4.02. The molecule has 0 aromatic heterocycles. The lowest BCUT2D eigenvalue weighted by Crippen LogP contribution is -2.48. The first-order valence-electron chi connectivity index (χ1n) is 8.90. The van der Waals surface area contributed by atoms with Gasteiger partial charge in [0.25, 0.3) is 5.91 Å². The van der Waals surface area contributed by atoms with E-state index in [4.69, 9.17) is 4.74 Å². The van der Waals surface area contributed by atoms with Crippen LogP contribution in [-0.2, 0) is 11.3 Å². The number of carbonyl (C=O) groups excluding carboxylic acids is 1. The van der Waals surface area contributed by atoms with E-state index in [0.29, 0.717) is 25.7 Å². The molecule has 1 aromatic rings. The van der Waals surface area contributed by atoms with Crippen LogP contribution in [0.5, 0.6) is 0 Å². The third-order valence-corrected chi connectivity index (χ3v) is 4.02. The van der Waals surface area contributed by atoms with Crippen LogP contribution in [0.2, 0.25) is 0 Å². The topological polar surface area (TPSA) is 66.0 Å².